The first-order chi connectivity index (χ1) is 6.20. The molecule has 0 aromatic carbocycles. The van der Waals surface area contributed by atoms with Crippen LogP contribution in [0.15, 0.2) is 6.33 Å². The van der Waals surface area contributed by atoms with Crippen molar-refractivity contribution in [3.8, 4) is 0 Å². The van der Waals surface area contributed by atoms with Crippen LogP contribution < -0.4 is 0 Å². The van der Waals surface area contributed by atoms with Crippen molar-refractivity contribution in [2.75, 3.05) is 7.11 Å². The van der Waals surface area contributed by atoms with E-state index in [2.05, 4.69) is 9.97 Å². The number of hydrogen-bond donors (Lipinski definition) is 1. The van der Waals surface area contributed by atoms with Crippen LogP contribution in [0.5, 0.6) is 0 Å². The lowest BCUT2D eigenvalue weighted by atomic mass is 10.0. The summed E-state index contributed by atoms with van der Waals surface area (Å²) in [6.07, 6.45) is 3.05. The summed E-state index contributed by atoms with van der Waals surface area (Å²) in [5.41, 5.74) is 0.142. The van der Waals surface area contributed by atoms with Crippen molar-refractivity contribution in [2.45, 2.75) is 18.3 Å². The minimum Gasteiger partial charge on any atom is -0.468 e. The second kappa shape index (κ2) is 2.73. The number of esters is 1. The Morgan fingerprint density at radius 3 is 2.85 bits per heavy atom. The highest BCUT2D eigenvalue weighted by Crippen LogP contribution is 2.50. The minimum absolute atomic E-state index is 0.237. The van der Waals surface area contributed by atoms with Crippen LogP contribution in [0.2, 0.25) is 5.15 Å². The minimum atomic E-state index is -0.539. The monoisotopic (exact) mass is 200 g/mol. The molecule has 0 amide bonds. The van der Waals surface area contributed by atoms with Gasteiger partial charge in [-0.3, -0.25) is 4.79 Å². The Labute approximate surface area is 80.3 Å². The summed E-state index contributed by atoms with van der Waals surface area (Å²) in [5, 5.41) is 0.364. The van der Waals surface area contributed by atoms with Gasteiger partial charge in [-0.2, -0.15) is 0 Å². The van der Waals surface area contributed by atoms with Gasteiger partial charge < -0.3 is 9.72 Å². The maximum atomic E-state index is 11.4. The standard InChI is InChI=1S/C8H9ClN2O2/c1-13-7(12)8(2-3-8)5-6(9)11-4-10-5/h4H,2-3H2,1H3,(H,10,11). The van der Waals surface area contributed by atoms with Crippen LogP contribution in [0.3, 0.4) is 0 Å². The molecular weight excluding hydrogens is 192 g/mol. The third-order valence-corrected chi connectivity index (χ3v) is 2.68. The van der Waals surface area contributed by atoms with E-state index in [1.807, 2.05) is 0 Å². The number of carbonyl (C=O) groups excluding carboxylic acids is 1. The molecule has 1 heterocycles. The molecule has 0 unspecified atom stereocenters. The summed E-state index contributed by atoms with van der Waals surface area (Å²) in [4.78, 5) is 18.1. The lowest BCUT2D eigenvalue weighted by Crippen LogP contribution is -2.22. The van der Waals surface area contributed by atoms with Gasteiger partial charge in [-0.25, -0.2) is 4.98 Å². The number of nitrogens with one attached hydrogen (secondary N) is 1. The van der Waals surface area contributed by atoms with Crippen molar-refractivity contribution >= 4 is 17.6 Å². The van der Waals surface area contributed by atoms with Crippen LogP contribution in [-0.2, 0) is 14.9 Å². The number of halogens is 1. The average Bonchev–Trinajstić information content (AvgIpc) is 2.83. The molecule has 1 aromatic rings. The van der Waals surface area contributed by atoms with Crippen LogP contribution in [0, 0.1) is 0 Å². The molecule has 0 bridgehead atoms. The molecule has 0 radical (unpaired) electrons. The fraction of sp³-hybridized carbons (Fsp3) is 0.500. The van der Waals surface area contributed by atoms with E-state index in [1.165, 1.54) is 13.4 Å². The second-order valence-corrected chi connectivity index (χ2v) is 3.50. The van der Waals surface area contributed by atoms with E-state index in [0.29, 0.717) is 10.8 Å². The van der Waals surface area contributed by atoms with Gasteiger partial charge >= 0.3 is 5.97 Å². The largest absolute Gasteiger partial charge is 0.468 e. The van der Waals surface area contributed by atoms with E-state index in [1.54, 1.807) is 0 Å². The van der Waals surface area contributed by atoms with Gasteiger partial charge in [0.15, 0.2) is 5.15 Å². The van der Waals surface area contributed by atoms with Crippen molar-refractivity contribution in [1.82, 2.24) is 9.97 Å². The summed E-state index contributed by atoms with van der Waals surface area (Å²) in [5.74, 6) is -0.237. The third kappa shape index (κ3) is 1.13. The normalized spacial score (nSPS) is 18.3. The summed E-state index contributed by atoms with van der Waals surface area (Å²) >= 11 is 5.82. The van der Waals surface area contributed by atoms with Gasteiger partial charge in [0, 0.05) is 0 Å². The third-order valence-electron chi connectivity index (χ3n) is 2.40. The van der Waals surface area contributed by atoms with Crippen molar-refractivity contribution in [3.05, 3.63) is 17.2 Å². The Morgan fingerprint density at radius 2 is 2.46 bits per heavy atom. The number of aromatic amines is 1. The summed E-state index contributed by atoms with van der Waals surface area (Å²) in [6, 6.07) is 0. The molecule has 13 heavy (non-hydrogen) atoms. The molecule has 1 fully saturated rings. The number of nitrogens with zero attached hydrogens (tertiary/aromatic N) is 1. The summed E-state index contributed by atoms with van der Waals surface area (Å²) < 4.78 is 4.71. The Balaban J connectivity index is 2.36. The van der Waals surface area contributed by atoms with Crippen LogP contribution in [0.4, 0.5) is 0 Å². The van der Waals surface area contributed by atoms with Gasteiger partial charge in [0.25, 0.3) is 0 Å². The van der Waals surface area contributed by atoms with E-state index in [9.17, 15) is 4.79 Å². The number of H-pyrrole nitrogens is 1. The van der Waals surface area contributed by atoms with E-state index in [4.69, 9.17) is 16.3 Å². The lowest BCUT2D eigenvalue weighted by Gasteiger charge is -2.09. The quantitative estimate of drug-likeness (QED) is 0.732. The first-order valence-corrected chi connectivity index (χ1v) is 4.36. The molecule has 0 aliphatic heterocycles. The molecule has 4 nitrogen and oxygen atoms in total. The highest BCUT2D eigenvalue weighted by atomic mass is 35.5. The first kappa shape index (κ1) is 8.56. The Hall–Kier alpha value is -1.03. The molecule has 2 rings (SSSR count). The Bertz CT molecular complexity index is 344. The van der Waals surface area contributed by atoms with Crippen LogP contribution in [0.25, 0.3) is 0 Å². The second-order valence-electron chi connectivity index (χ2n) is 3.14. The zero-order valence-electron chi connectivity index (χ0n) is 7.13. The number of imidazole rings is 1. The van der Waals surface area contributed by atoms with Gasteiger partial charge in [-0.15, -0.1) is 0 Å². The maximum Gasteiger partial charge on any atom is 0.317 e. The lowest BCUT2D eigenvalue weighted by molar-refractivity contribution is -0.143. The fourth-order valence-electron chi connectivity index (χ4n) is 1.49. The number of methoxy groups -OCH3 is 1. The summed E-state index contributed by atoms with van der Waals surface area (Å²) in [7, 11) is 1.38. The Kier molecular flexibility index (Phi) is 1.80. The number of aromatic nitrogens is 2. The molecule has 70 valence electrons. The van der Waals surface area contributed by atoms with E-state index < -0.39 is 5.41 Å². The molecule has 0 spiro atoms. The van der Waals surface area contributed by atoms with Gasteiger partial charge in [0.2, 0.25) is 0 Å². The molecular formula is C8H9ClN2O2. The van der Waals surface area contributed by atoms with Crippen LogP contribution in [-0.4, -0.2) is 23.0 Å². The van der Waals surface area contributed by atoms with Gasteiger partial charge in [0.05, 0.1) is 19.1 Å². The Morgan fingerprint density at radius 1 is 1.77 bits per heavy atom. The van der Waals surface area contributed by atoms with Gasteiger partial charge in [-0.05, 0) is 12.8 Å². The molecule has 1 aromatic heterocycles. The molecule has 1 aliphatic rings. The highest BCUT2D eigenvalue weighted by molar-refractivity contribution is 6.30. The van der Waals surface area contributed by atoms with Crippen LogP contribution >= 0.6 is 11.6 Å². The van der Waals surface area contributed by atoms with Crippen LogP contribution in [0.1, 0.15) is 18.5 Å². The zero-order chi connectivity index (χ0) is 9.47. The SMILES string of the molecule is COC(=O)C1(c2[nH]cnc2Cl)CC1. The molecule has 0 atom stereocenters. The topological polar surface area (TPSA) is 55.0 Å². The van der Waals surface area contributed by atoms with E-state index in [0.717, 1.165) is 12.8 Å². The van der Waals surface area contributed by atoms with E-state index in [-0.39, 0.29) is 5.97 Å². The fourth-order valence-corrected chi connectivity index (χ4v) is 1.77. The van der Waals surface area contributed by atoms with Crippen molar-refractivity contribution in [2.24, 2.45) is 0 Å². The molecule has 1 N–H and O–H groups in total. The average molecular weight is 201 g/mol. The molecule has 0 saturated heterocycles. The summed E-state index contributed by atoms with van der Waals surface area (Å²) in [6.45, 7) is 0. The maximum absolute atomic E-state index is 11.4. The zero-order valence-corrected chi connectivity index (χ0v) is 7.89. The molecule has 1 saturated carbocycles. The van der Waals surface area contributed by atoms with Crippen molar-refractivity contribution < 1.29 is 9.53 Å². The van der Waals surface area contributed by atoms with Gasteiger partial charge in [-0.1, -0.05) is 11.6 Å². The first-order valence-electron chi connectivity index (χ1n) is 3.98. The van der Waals surface area contributed by atoms with Crippen molar-refractivity contribution in [3.63, 3.8) is 0 Å². The van der Waals surface area contributed by atoms with Crippen molar-refractivity contribution in [1.29, 1.82) is 0 Å². The van der Waals surface area contributed by atoms with Gasteiger partial charge in [0.1, 0.15) is 5.41 Å². The predicted octanol–water partition coefficient (Wildman–Crippen LogP) is 1.27. The number of carbonyl (C=O) groups is 1. The number of hydrogen-bond acceptors (Lipinski definition) is 3. The highest BCUT2D eigenvalue weighted by Gasteiger charge is 2.55. The van der Waals surface area contributed by atoms with E-state index >= 15 is 0 Å². The number of ether oxygens (including phenoxy) is 1. The molecule has 5 heteroatoms. The smallest absolute Gasteiger partial charge is 0.317 e. The molecule has 1 aliphatic carbocycles. The predicted molar refractivity (Wildman–Crippen MR) is 46.5 cm³/mol. The number of rotatable bonds is 2.